The number of hydrogen-bond acceptors (Lipinski definition) is 1. The van der Waals surface area contributed by atoms with E-state index in [0.717, 1.165) is 23.3 Å². The fraction of sp³-hybridized carbons (Fsp3) is 0.143. The van der Waals surface area contributed by atoms with Gasteiger partial charge in [-0.1, -0.05) is 54.6 Å². The molecule has 1 aliphatic carbocycles. The number of fused-ring (bicyclic) bond motifs is 3. The molecule has 107 valence electrons. The van der Waals surface area contributed by atoms with Crippen LogP contribution >= 0.6 is 0 Å². The highest BCUT2D eigenvalue weighted by Crippen LogP contribution is 2.39. The van der Waals surface area contributed by atoms with Crippen molar-refractivity contribution in [2.24, 2.45) is 0 Å². The minimum atomic E-state index is 0.674. The summed E-state index contributed by atoms with van der Waals surface area (Å²) in [4.78, 5) is 0. The molecule has 0 N–H and O–H groups in total. The number of ether oxygens (including phenoxy) is 1. The largest absolute Gasteiger partial charge is 0.493 e. The third-order valence-electron chi connectivity index (χ3n) is 4.18. The van der Waals surface area contributed by atoms with Crippen molar-refractivity contribution in [1.82, 2.24) is 0 Å². The molecule has 0 saturated carbocycles. The smallest absolute Gasteiger partial charge is 0.127 e. The highest BCUT2D eigenvalue weighted by molar-refractivity contribution is 5.81. The summed E-state index contributed by atoms with van der Waals surface area (Å²) in [5, 5.41) is 0. The standard InChI is InChI=1S/C21H17O/c1-2-22-21-10-6-5-9-20(21)16-11-12-19-17(14-16)13-15-7-3-4-8-18(15)19/h3-12H,2,13H2,1H3. The molecule has 0 aromatic heterocycles. The predicted octanol–water partition coefficient (Wildman–Crippen LogP) is 5.12. The number of rotatable bonds is 3. The lowest BCUT2D eigenvalue weighted by molar-refractivity contribution is 0.341. The molecule has 0 saturated heterocycles. The second-order valence-electron chi connectivity index (χ2n) is 5.53. The molecule has 0 fully saturated rings. The third kappa shape index (κ3) is 2.10. The first-order valence-electron chi connectivity index (χ1n) is 7.72. The molecule has 3 aromatic rings. The normalized spacial score (nSPS) is 11.9. The molecule has 1 nitrogen and oxygen atoms in total. The molecule has 4 rings (SSSR count). The van der Waals surface area contributed by atoms with Crippen molar-refractivity contribution < 1.29 is 4.74 Å². The van der Waals surface area contributed by atoms with Gasteiger partial charge in [-0.3, -0.25) is 0 Å². The molecule has 0 heterocycles. The zero-order valence-electron chi connectivity index (χ0n) is 12.6. The van der Waals surface area contributed by atoms with Gasteiger partial charge in [0.1, 0.15) is 5.75 Å². The van der Waals surface area contributed by atoms with Crippen molar-refractivity contribution in [2.75, 3.05) is 6.61 Å². The van der Waals surface area contributed by atoms with E-state index in [0.29, 0.717) is 6.61 Å². The first-order valence-corrected chi connectivity index (χ1v) is 7.72. The van der Waals surface area contributed by atoms with Crippen molar-refractivity contribution >= 4 is 0 Å². The lowest BCUT2D eigenvalue weighted by Crippen LogP contribution is -1.94. The third-order valence-corrected chi connectivity index (χ3v) is 4.18. The van der Waals surface area contributed by atoms with Crippen molar-refractivity contribution in [3.63, 3.8) is 0 Å². The van der Waals surface area contributed by atoms with Gasteiger partial charge in [0.05, 0.1) is 6.61 Å². The van der Waals surface area contributed by atoms with Gasteiger partial charge in [-0.2, -0.15) is 0 Å². The van der Waals surface area contributed by atoms with E-state index in [1.807, 2.05) is 25.1 Å². The molecule has 1 radical (unpaired) electrons. The molecule has 0 aliphatic heterocycles. The van der Waals surface area contributed by atoms with Crippen LogP contribution in [-0.4, -0.2) is 6.61 Å². The fourth-order valence-corrected chi connectivity index (χ4v) is 3.19. The molecule has 1 aliphatic rings. The van der Waals surface area contributed by atoms with Gasteiger partial charge < -0.3 is 4.74 Å². The fourth-order valence-electron chi connectivity index (χ4n) is 3.19. The van der Waals surface area contributed by atoms with E-state index in [2.05, 4.69) is 48.5 Å². The lowest BCUT2D eigenvalue weighted by atomic mass is 9.98. The summed E-state index contributed by atoms with van der Waals surface area (Å²) in [7, 11) is 0. The van der Waals surface area contributed by atoms with Crippen LogP contribution in [0.3, 0.4) is 0 Å². The molecule has 0 atom stereocenters. The summed E-state index contributed by atoms with van der Waals surface area (Å²) >= 11 is 0. The van der Waals surface area contributed by atoms with E-state index < -0.39 is 0 Å². The minimum absolute atomic E-state index is 0.674. The summed E-state index contributed by atoms with van der Waals surface area (Å²) in [5.41, 5.74) is 7.55. The highest BCUT2D eigenvalue weighted by atomic mass is 16.5. The zero-order valence-corrected chi connectivity index (χ0v) is 12.6. The van der Waals surface area contributed by atoms with Crippen LogP contribution in [0.5, 0.6) is 5.75 Å². The van der Waals surface area contributed by atoms with E-state index in [-0.39, 0.29) is 0 Å². The second-order valence-corrected chi connectivity index (χ2v) is 5.53. The van der Waals surface area contributed by atoms with Gasteiger partial charge in [-0.15, -0.1) is 0 Å². The summed E-state index contributed by atoms with van der Waals surface area (Å²) in [6.07, 6.45) is 0.968. The molecule has 1 heteroatoms. The summed E-state index contributed by atoms with van der Waals surface area (Å²) in [6.45, 7) is 2.69. The Bertz CT molecular complexity index is 833. The first-order chi connectivity index (χ1) is 10.9. The van der Waals surface area contributed by atoms with Gasteiger partial charge in [-0.25, -0.2) is 0 Å². The Hall–Kier alpha value is -2.54. The van der Waals surface area contributed by atoms with Crippen LogP contribution in [0.15, 0.2) is 60.7 Å². The van der Waals surface area contributed by atoms with Gasteiger partial charge in [0.25, 0.3) is 0 Å². The molecule has 3 aromatic carbocycles. The Morgan fingerprint density at radius 3 is 2.50 bits per heavy atom. The Labute approximate surface area is 131 Å². The number of hydrogen-bond donors (Lipinski definition) is 0. The van der Waals surface area contributed by atoms with Crippen LogP contribution in [0.1, 0.15) is 18.1 Å². The van der Waals surface area contributed by atoms with Gasteiger partial charge >= 0.3 is 0 Å². The van der Waals surface area contributed by atoms with Crippen LogP contribution in [-0.2, 0) is 6.42 Å². The van der Waals surface area contributed by atoms with E-state index >= 15 is 0 Å². The maximum Gasteiger partial charge on any atom is 0.127 e. The molecule has 22 heavy (non-hydrogen) atoms. The predicted molar refractivity (Wildman–Crippen MR) is 90.1 cm³/mol. The van der Waals surface area contributed by atoms with E-state index in [1.165, 1.54) is 22.3 Å². The van der Waals surface area contributed by atoms with Crippen molar-refractivity contribution in [2.45, 2.75) is 13.3 Å². The molecule has 0 amide bonds. The number of benzene rings is 3. The molecule has 0 bridgehead atoms. The Kier molecular flexibility index (Phi) is 3.19. The van der Waals surface area contributed by atoms with Crippen molar-refractivity contribution in [1.29, 1.82) is 0 Å². The highest BCUT2D eigenvalue weighted by Gasteiger charge is 2.19. The van der Waals surface area contributed by atoms with Crippen molar-refractivity contribution in [3.05, 3.63) is 77.9 Å². The molecular formula is C21H17O. The molecular weight excluding hydrogens is 268 g/mol. The molecule has 0 spiro atoms. The zero-order chi connectivity index (χ0) is 14.9. The van der Waals surface area contributed by atoms with Crippen LogP contribution in [0.25, 0.3) is 22.3 Å². The average Bonchev–Trinajstić information content (AvgIpc) is 2.93. The van der Waals surface area contributed by atoms with Crippen LogP contribution in [0.2, 0.25) is 0 Å². The summed E-state index contributed by atoms with van der Waals surface area (Å²) in [5.74, 6) is 0.928. The van der Waals surface area contributed by atoms with Gasteiger partial charge in [0, 0.05) is 5.56 Å². The van der Waals surface area contributed by atoms with E-state index in [9.17, 15) is 0 Å². The maximum atomic E-state index is 5.75. The number of para-hydroxylation sites is 1. The summed E-state index contributed by atoms with van der Waals surface area (Å²) < 4.78 is 5.75. The average molecular weight is 285 g/mol. The minimum Gasteiger partial charge on any atom is -0.493 e. The van der Waals surface area contributed by atoms with E-state index in [1.54, 1.807) is 0 Å². The van der Waals surface area contributed by atoms with Gasteiger partial charge in [0.2, 0.25) is 0 Å². The molecule has 0 unspecified atom stereocenters. The van der Waals surface area contributed by atoms with E-state index in [4.69, 9.17) is 4.74 Å². The maximum absolute atomic E-state index is 5.75. The van der Waals surface area contributed by atoms with Gasteiger partial charge in [-0.05, 0) is 53.3 Å². The van der Waals surface area contributed by atoms with Crippen molar-refractivity contribution in [3.8, 4) is 28.0 Å². The Balaban J connectivity index is 1.80. The monoisotopic (exact) mass is 285 g/mol. The first kappa shape index (κ1) is 13.1. The topological polar surface area (TPSA) is 9.23 Å². The summed E-state index contributed by atoms with van der Waals surface area (Å²) in [6, 6.07) is 24.8. The lowest BCUT2D eigenvalue weighted by Gasteiger charge is -2.11. The Morgan fingerprint density at radius 2 is 1.64 bits per heavy atom. The SMILES string of the molecule is CCOc1ccccc1-c1[c]c2c(cc1)-c1ccccc1C2. The quantitative estimate of drug-likeness (QED) is 0.507. The Morgan fingerprint density at radius 1 is 0.864 bits per heavy atom. The second kappa shape index (κ2) is 5.34. The van der Waals surface area contributed by atoms with Crippen LogP contribution in [0.4, 0.5) is 0 Å². The van der Waals surface area contributed by atoms with Gasteiger partial charge in [0.15, 0.2) is 0 Å². The van der Waals surface area contributed by atoms with Crippen LogP contribution in [0, 0.1) is 6.07 Å². The van der Waals surface area contributed by atoms with Crippen LogP contribution < -0.4 is 4.74 Å².